The fourth-order valence-electron chi connectivity index (χ4n) is 9.94. The summed E-state index contributed by atoms with van der Waals surface area (Å²) in [6.07, 6.45) is 6.28. The van der Waals surface area contributed by atoms with Gasteiger partial charge in [0.05, 0.1) is 50.8 Å². The molecule has 8 rings (SSSR count). The molecule has 0 radical (unpaired) electrons. The Labute approximate surface area is 167 Å². The van der Waals surface area contributed by atoms with Crippen LogP contribution in [0.3, 0.4) is 0 Å². The van der Waals surface area contributed by atoms with Gasteiger partial charge in [0.15, 0.2) is 0 Å². The van der Waals surface area contributed by atoms with Crippen LogP contribution >= 0.6 is 0 Å². The second-order valence-corrected chi connectivity index (χ2v) is 10.5. The summed E-state index contributed by atoms with van der Waals surface area (Å²) in [6, 6.07) is 0. The van der Waals surface area contributed by atoms with Gasteiger partial charge in [-0.05, 0) is 79.4 Å². The Balaban J connectivity index is 1.09. The number of rotatable bonds is 0. The Bertz CT molecular complexity index is 584. The van der Waals surface area contributed by atoms with Crippen molar-refractivity contribution in [3.05, 3.63) is 0 Å². The minimum atomic E-state index is 0.226. The van der Waals surface area contributed by atoms with Crippen molar-refractivity contribution in [3.8, 4) is 0 Å². The third kappa shape index (κ3) is 1.92. The molecule has 4 bridgehead atoms. The molecule has 10 unspecified atom stereocenters. The third-order valence-electron chi connectivity index (χ3n) is 9.97. The van der Waals surface area contributed by atoms with Crippen LogP contribution in [0.15, 0.2) is 0 Å². The van der Waals surface area contributed by atoms with E-state index in [1.54, 1.807) is 0 Å². The van der Waals surface area contributed by atoms with Crippen molar-refractivity contribution in [1.82, 2.24) is 0 Å². The summed E-state index contributed by atoms with van der Waals surface area (Å²) in [6.45, 7) is 5.68. The highest BCUT2D eigenvalue weighted by Crippen LogP contribution is 2.94. The van der Waals surface area contributed by atoms with Gasteiger partial charge in [-0.1, -0.05) is 0 Å². The van der Waals surface area contributed by atoms with E-state index in [1.165, 1.54) is 19.3 Å². The van der Waals surface area contributed by atoms with Gasteiger partial charge in [-0.2, -0.15) is 0 Å². The third-order valence-corrected chi connectivity index (χ3v) is 9.97. The largest absolute Gasteiger partial charge is 0.379 e. The molecule has 28 heavy (non-hydrogen) atoms. The molecule has 8 fully saturated rings. The second-order valence-electron chi connectivity index (χ2n) is 10.5. The van der Waals surface area contributed by atoms with Crippen LogP contribution < -0.4 is 0 Å². The Hall–Kier alpha value is -0.200. The van der Waals surface area contributed by atoms with Gasteiger partial charge < -0.3 is 23.7 Å². The van der Waals surface area contributed by atoms with Crippen molar-refractivity contribution in [2.24, 2.45) is 47.3 Å². The van der Waals surface area contributed by atoms with E-state index in [0.29, 0.717) is 39.6 Å². The lowest BCUT2D eigenvalue weighted by molar-refractivity contribution is -0.0854. The first-order valence-corrected chi connectivity index (χ1v) is 11.9. The molecule has 5 heteroatoms. The predicted molar refractivity (Wildman–Crippen MR) is 101 cm³/mol. The highest BCUT2D eigenvalue weighted by Gasteiger charge is 2.96. The van der Waals surface area contributed by atoms with Gasteiger partial charge >= 0.3 is 0 Å². The highest BCUT2D eigenvalue weighted by atomic mass is 16.6. The molecule has 0 aromatic carbocycles. The fraction of sp³-hybridized carbons (Fsp3) is 1.00. The highest BCUT2D eigenvalue weighted by molar-refractivity contribution is 5.43. The van der Waals surface area contributed by atoms with E-state index in [1.807, 2.05) is 0 Å². The van der Waals surface area contributed by atoms with Crippen LogP contribution in [0.2, 0.25) is 0 Å². The van der Waals surface area contributed by atoms with E-state index in [2.05, 4.69) is 0 Å². The monoisotopic (exact) mass is 390 g/mol. The number of hydrogen-bond acceptors (Lipinski definition) is 5. The van der Waals surface area contributed by atoms with Crippen LogP contribution in [-0.2, 0) is 23.7 Å². The zero-order chi connectivity index (χ0) is 18.3. The van der Waals surface area contributed by atoms with Gasteiger partial charge in [0.2, 0.25) is 0 Å². The minimum absolute atomic E-state index is 0.226. The molecule has 0 N–H and O–H groups in total. The van der Waals surface area contributed by atoms with E-state index < -0.39 is 0 Å². The van der Waals surface area contributed by atoms with E-state index in [-0.39, 0.29) is 11.2 Å². The summed E-state index contributed by atoms with van der Waals surface area (Å²) in [4.78, 5) is 0. The average molecular weight is 391 g/mol. The van der Waals surface area contributed by atoms with Crippen molar-refractivity contribution in [1.29, 1.82) is 0 Å². The maximum Gasteiger partial charge on any atom is 0.0760 e. The maximum atomic E-state index is 7.25. The van der Waals surface area contributed by atoms with Crippen LogP contribution in [0.1, 0.15) is 32.1 Å². The van der Waals surface area contributed by atoms with Crippen LogP contribution in [0, 0.1) is 47.3 Å². The van der Waals surface area contributed by atoms with Crippen molar-refractivity contribution in [2.45, 2.75) is 43.3 Å². The molecule has 5 nitrogen and oxygen atoms in total. The standard InChI is InChI=1S/C23H34O5/c1-3-22-18-14-13-15-17-16(14)20(22)21(17)23(28-22,19(15)18)4-2-6-25-8-10-27-12-11-26-9-7-24-5-1/h14-21H,1-13H2. The zero-order valence-corrected chi connectivity index (χ0v) is 16.9. The van der Waals surface area contributed by atoms with Gasteiger partial charge in [-0.3, -0.25) is 0 Å². The van der Waals surface area contributed by atoms with Gasteiger partial charge in [0.1, 0.15) is 0 Å². The summed E-state index contributed by atoms with van der Waals surface area (Å²) in [5.74, 6) is 7.61. The van der Waals surface area contributed by atoms with Gasteiger partial charge in [-0.25, -0.2) is 0 Å². The summed E-state index contributed by atoms with van der Waals surface area (Å²) in [7, 11) is 0. The lowest BCUT2D eigenvalue weighted by Crippen LogP contribution is -2.51. The quantitative estimate of drug-likeness (QED) is 0.636. The Kier molecular flexibility index (Phi) is 3.85. The van der Waals surface area contributed by atoms with Gasteiger partial charge in [-0.15, -0.1) is 0 Å². The molecule has 5 aliphatic carbocycles. The molecule has 0 amide bonds. The average Bonchev–Trinajstić information content (AvgIpc) is 3.33. The van der Waals surface area contributed by atoms with Crippen molar-refractivity contribution in [3.63, 3.8) is 0 Å². The smallest absolute Gasteiger partial charge is 0.0760 e. The first-order valence-electron chi connectivity index (χ1n) is 11.9. The van der Waals surface area contributed by atoms with E-state index >= 15 is 0 Å². The molecular weight excluding hydrogens is 356 g/mol. The normalized spacial score (nSPS) is 60.0. The molecule has 3 saturated heterocycles. The van der Waals surface area contributed by atoms with Crippen molar-refractivity contribution >= 4 is 0 Å². The van der Waals surface area contributed by atoms with Gasteiger partial charge in [0, 0.05) is 13.2 Å². The van der Waals surface area contributed by atoms with E-state index in [0.717, 1.165) is 73.4 Å². The summed E-state index contributed by atoms with van der Waals surface area (Å²) in [5, 5.41) is 0. The summed E-state index contributed by atoms with van der Waals surface area (Å²) < 4.78 is 30.2. The first-order chi connectivity index (χ1) is 13.9. The van der Waals surface area contributed by atoms with E-state index in [4.69, 9.17) is 23.7 Å². The fourth-order valence-corrected chi connectivity index (χ4v) is 9.94. The second kappa shape index (κ2) is 6.16. The molecule has 10 atom stereocenters. The Morgan fingerprint density at radius 2 is 0.929 bits per heavy atom. The molecular formula is C23H34O5. The zero-order valence-electron chi connectivity index (χ0n) is 16.9. The minimum Gasteiger partial charge on any atom is -0.379 e. The molecule has 3 aliphatic heterocycles. The lowest BCUT2D eigenvalue weighted by Gasteiger charge is -2.48. The Morgan fingerprint density at radius 3 is 1.39 bits per heavy atom. The van der Waals surface area contributed by atoms with Gasteiger partial charge in [0.25, 0.3) is 0 Å². The van der Waals surface area contributed by atoms with Crippen molar-refractivity contribution < 1.29 is 23.7 Å². The van der Waals surface area contributed by atoms with Crippen LogP contribution in [0.25, 0.3) is 0 Å². The van der Waals surface area contributed by atoms with Crippen LogP contribution in [0.5, 0.6) is 0 Å². The van der Waals surface area contributed by atoms with Crippen molar-refractivity contribution in [2.75, 3.05) is 52.9 Å². The maximum absolute atomic E-state index is 7.25. The van der Waals surface area contributed by atoms with E-state index in [9.17, 15) is 0 Å². The number of hydrogen-bond donors (Lipinski definition) is 0. The topological polar surface area (TPSA) is 46.2 Å². The SMILES string of the molecule is C1COCCOCCOCCOCCCC23OC4(C1)C1C5CC(C6C5C4C62)C13. The molecule has 3 heterocycles. The summed E-state index contributed by atoms with van der Waals surface area (Å²) in [5.41, 5.74) is 0.452. The molecule has 8 aliphatic rings. The molecule has 0 aromatic rings. The molecule has 0 aromatic heterocycles. The first kappa shape index (κ1) is 17.5. The lowest BCUT2D eigenvalue weighted by atomic mass is 9.53. The van der Waals surface area contributed by atoms with Crippen LogP contribution in [-0.4, -0.2) is 64.1 Å². The molecule has 5 saturated carbocycles. The predicted octanol–water partition coefficient (Wildman–Crippen LogP) is 2.52. The van der Waals surface area contributed by atoms with Crippen LogP contribution in [0.4, 0.5) is 0 Å². The number of ether oxygens (including phenoxy) is 5. The molecule has 2 spiro atoms. The molecule has 156 valence electrons. The summed E-state index contributed by atoms with van der Waals surface area (Å²) >= 11 is 0. The Morgan fingerprint density at radius 1 is 0.500 bits per heavy atom.